The van der Waals surface area contributed by atoms with Crippen molar-refractivity contribution < 1.29 is 0 Å². The molecule has 0 atom stereocenters. The highest BCUT2D eigenvalue weighted by molar-refractivity contribution is 6.08. The van der Waals surface area contributed by atoms with E-state index in [2.05, 4.69) is 202 Å². The molecule has 1 aromatic heterocycles. The molecule has 2 aliphatic rings. The lowest BCUT2D eigenvalue weighted by molar-refractivity contribution is 0.563. The van der Waals surface area contributed by atoms with Crippen molar-refractivity contribution in [2.24, 2.45) is 0 Å². The van der Waals surface area contributed by atoms with Gasteiger partial charge in [-0.25, -0.2) is 15.0 Å². The first-order valence-electron chi connectivity index (χ1n) is 21.4. The van der Waals surface area contributed by atoms with Gasteiger partial charge in [0, 0.05) is 22.1 Å². The molecule has 62 heavy (non-hydrogen) atoms. The van der Waals surface area contributed by atoms with Gasteiger partial charge in [0.15, 0.2) is 17.5 Å². The molecule has 0 saturated heterocycles. The molecule has 292 valence electrons. The summed E-state index contributed by atoms with van der Waals surface area (Å²) in [6.45, 7) is 4.76. The van der Waals surface area contributed by atoms with Gasteiger partial charge in [0.2, 0.25) is 0 Å². The van der Waals surface area contributed by atoms with Gasteiger partial charge in [-0.1, -0.05) is 214 Å². The molecule has 3 heteroatoms. The quantitative estimate of drug-likeness (QED) is 0.174. The van der Waals surface area contributed by atoms with E-state index < -0.39 is 5.41 Å². The third-order valence-corrected chi connectivity index (χ3v) is 13.4. The monoisotopic (exact) mass is 791 g/mol. The third-order valence-electron chi connectivity index (χ3n) is 13.4. The second-order valence-corrected chi connectivity index (χ2v) is 17.1. The van der Waals surface area contributed by atoms with E-state index in [1.54, 1.807) is 0 Å². The Labute approximate surface area is 362 Å². The average molecular weight is 792 g/mol. The lowest BCUT2D eigenvalue weighted by atomic mass is 9.55. The molecule has 10 aromatic rings. The second kappa shape index (κ2) is 13.9. The fourth-order valence-corrected chi connectivity index (χ4v) is 10.7. The molecular weight excluding hydrogens is 751 g/mol. The van der Waals surface area contributed by atoms with Crippen molar-refractivity contribution in [3.8, 4) is 67.5 Å². The Morgan fingerprint density at radius 3 is 1.44 bits per heavy atom. The fourth-order valence-electron chi connectivity index (χ4n) is 10.7. The van der Waals surface area contributed by atoms with Gasteiger partial charge in [-0.2, -0.15) is 0 Å². The summed E-state index contributed by atoms with van der Waals surface area (Å²) in [5.74, 6) is 1.92. The first-order valence-corrected chi connectivity index (χ1v) is 21.4. The lowest BCUT2D eigenvalue weighted by Gasteiger charge is -2.46. The van der Waals surface area contributed by atoms with E-state index in [-0.39, 0.29) is 5.41 Å². The molecule has 12 rings (SSSR count). The maximum Gasteiger partial charge on any atom is 0.164 e. The average Bonchev–Trinajstić information content (AvgIpc) is 3.64. The molecule has 1 heterocycles. The number of fused-ring (bicyclic) bond motifs is 10. The van der Waals surface area contributed by atoms with E-state index in [0.717, 1.165) is 38.6 Å². The maximum atomic E-state index is 5.26. The number of hydrogen-bond donors (Lipinski definition) is 0. The molecule has 0 fully saturated rings. The standard InChI is InChI=1S/C59H41N3/c1-58(2)49-30-13-15-32-51(49)59(52-33-16-14-31-50(52)58)48-29-12-11-27-47(48)54-45(28-18-34-53(54)59)44-35-36-46(43-26-10-9-25-42(43)44)57-61-55(39-21-7-4-8-22-39)60-56(62-57)41-24-17-23-40(37-41)38-19-5-3-6-20-38/h3-37H,1-2H3. The molecule has 0 N–H and O–H groups in total. The van der Waals surface area contributed by atoms with Crippen LogP contribution in [0.5, 0.6) is 0 Å². The van der Waals surface area contributed by atoms with Gasteiger partial charge >= 0.3 is 0 Å². The van der Waals surface area contributed by atoms with Crippen LogP contribution < -0.4 is 0 Å². The largest absolute Gasteiger partial charge is 0.208 e. The first-order chi connectivity index (χ1) is 30.5. The van der Waals surface area contributed by atoms with Crippen LogP contribution in [-0.4, -0.2) is 15.0 Å². The molecule has 2 aliphatic carbocycles. The van der Waals surface area contributed by atoms with Gasteiger partial charge < -0.3 is 0 Å². The van der Waals surface area contributed by atoms with Crippen molar-refractivity contribution in [2.45, 2.75) is 24.7 Å². The molecule has 9 aromatic carbocycles. The Morgan fingerprint density at radius 2 is 0.742 bits per heavy atom. The molecule has 1 spiro atoms. The summed E-state index contributed by atoms with van der Waals surface area (Å²) in [5, 5.41) is 2.24. The minimum Gasteiger partial charge on any atom is -0.208 e. The minimum absolute atomic E-state index is 0.153. The third kappa shape index (κ3) is 5.28. The second-order valence-electron chi connectivity index (χ2n) is 17.1. The van der Waals surface area contributed by atoms with Crippen LogP contribution in [0.2, 0.25) is 0 Å². The van der Waals surface area contributed by atoms with Gasteiger partial charge in [0.1, 0.15) is 0 Å². The topological polar surface area (TPSA) is 38.7 Å². The van der Waals surface area contributed by atoms with Crippen LogP contribution in [-0.2, 0) is 10.8 Å². The van der Waals surface area contributed by atoms with Crippen LogP contribution in [0.25, 0.3) is 78.3 Å². The van der Waals surface area contributed by atoms with Crippen LogP contribution >= 0.6 is 0 Å². The number of nitrogens with zero attached hydrogens (tertiary/aromatic N) is 3. The highest BCUT2D eigenvalue weighted by atomic mass is 15.0. The summed E-state index contributed by atoms with van der Waals surface area (Å²) in [7, 11) is 0. The van der Waals surface area contributed by atoms with E-state index in [1.165, 1.54) is 55.6 Å². The Balaban J connectivity index is 1.08. The summed E-state index contributed by atoms with van der Waals surface area (Å²) in [6.07, 6.45) is 0. The SMILES string of the molecule is CC1(C)c2ccccc2C2(c3ccccc3-c3c(-c4ccc(-c5nc(-c6ccccc6)nc(-c6cccc(-c7ccccc7)c6)n5)c5ccccc45)cccc32)c2ccccc21. The van der Waals surface area contributed by atoms with Crippen LogP contribution in [0.15, 0.2) is 212 Å². The van der Waals surface area contributed by atoms with Crippen molar-refractivity contribution in [1.29, 1.82) is 0 Å². The van der Waals surface area contributed by atoms with E-state index in [0.29, 0.717) is 17.5 Å². The van der Waals surface area contributed by atoms with Gasteiger partial charge in [-0.05, 0) is 89.7 Å². The van der Waals surface area contributed by atoms with Crippen molar-refractivity contribution in [3.63, 3.8) is 0 Å². The molecule has 0 saturated carbocycles. The summed E-state index contributed by atoms with van der Waals surface area (Å²) in [4.78, 5) is 15.6. The Bertz CT molecular complexity index is 3330. The zero-order valence-electron chi connectivity index (χ0n) is 34.5. The van der Waals surface area contributed by atoms with Gasteiger partial charge in [0.05, 0.1) is 5.41 Å². The van der Waals surface area contributed by atoms with Crippen LogP contribution in [0.1, 0.15) is 47.2 Å². The maximum absolute atomic E-state index is 5.26. The van der Waals surface area contributed by atoms with E-state index in [1.807, 2.05) is 24.3 Å². The van der Waals surface area contributed by atoms with Crippen LogP contribution in [0, 0.1) is 0 Å². The molecule has 0 unspecified atom stereocenters. The van der Waals surface area contributed by atoms with Gasteiger partial charge in [0.25, 0.3) is 0 Å². The first kappa shape index (κ1) is 36.1. The molecule has 0 radical (unpaired) electrons. The Morgan fingerprint density at radius 1 is 0.290 bits per heavy atom. The van der Waals surface area contributed by atoms with Crippen LogP contribution in [0.4, 0.5) is 0 Å². The molecule has 3 nitrogen and oxygen atoms in total. The van der Waals surface area contributed by atoms with Crippen molar-refractivity contribution in [3.05, 3.63) is 246 Å². The predicted octanol–water partition coefficient (Wildman–Crippen LogP) is 14.4. The lowest BCUT2D eigenvalue weighted by Crippen LogP contribution is -2.40. The molecule has 0 bridgehead atoms. The van der Waals surface area contributed by atoms with E-state index in [4.69, 9.17) is 15.0 Å². The normalized spacial score (nSPS) is 13.9. The number of rotatable bonds is 5. The summed E-state index contributed by atoms with van der Waals surface area (Å²) in [6, 6.07) is 76.7. The number of hydrogen-bond acceptors (Lipinski definition) is 3. The zero-order valence-corrected chi connectivity index (χ0v) is 34.5. The van der Waals surface area contributed by atoms with Crippen molar-refractivity contribution in [2.75, 3.05) is 0 Å². The van der Waals surface area contributed by atoms with Crippen molar-refractivity contribution in [1.82, 2.24) is 15.0 Å². The fraction of sp³-hybridized carbons (Fsp3) is 0.0678. The minimum atomic E-state index is -0.465. The molecule has 0 aliphatic heterocycles. The summed E-state index contributed by atoms with van der Waals surface area (Å²) < 4.78 is 0. The molecular formula is C59H41N3. The summed E-state index contributed by atoms with van der Waals surface area (Å²) >= 11 is 0. The van der Waals surface area contributed by atoms with E-state index >= 15 is 0 Å². The number of benzene rings is 9. The van der Waals surface area contributed by atoms with Gasteiger partial charge in [-0.15, -0.1) is 0 Å². The zero-order chi connectivity index (χ0) is 41.4. The number of aromatic nitrogens is 3. The highest BCUT2D eigenvalue weighted by Gasteiger charge is 2.53. The predicted molar refractivity (Wildman–Crippen MR) is 254 cm³/mol. The van der Waals surface area contributed by atoms with E-state index in [9.17, 15) is 0 Å². The van der Waals surface area contributed by atoms with Gasteiger partial charge in [-0.3, -0.25) is 0 Å². The Kier molecular flexibility index (Phi) is 8.10. The highest BCUT2D eigenvalue weighted by Crippen LogP contribution is 2.63. The molecule has 0 amide bonds. The summed E-state index contributed by atoms with van der Waals surface area (Å²) in [5.41, 5.74) is 17.6. The van der Waals surface area contributed by atoms with Crippen LogP contribution in [0.3, 0.4) is 0 Å². The smallest absolute Gasteiger partial charge is 0.164 e. The Hall–Kier alpha value is -7.75. The van der Waals surface area contributed by atoms with Crippen molar-refractivity contribution >= 4 is 10.8 Å².